The minimum atomic E-state index is -0.288. The summed E-state index contributed by atoms with van der Waals surface area (Å²) in [5.74, 6) is 2.17. The lowest BCUT2D eigenvalue weighted by Gasteiger charge is -2.40. The number of hydrogen-bond acceptors (Lipinski definition) is 7. The third-order valence-electron chi connectivity index (χ3n) is 3.61. The van der Waals surface area contributed by atoms with Crippen LogP contribution in [-0.4, -0.2) is 77.4 Å². The number of β-amino-alcohol motifs (C(OH)–C–C–N with tert-alkyl or cyclic N) is 1. The first-order chi connectivity index (χ1) is 9.86. The molecule has 7 nitrogen and oxygen atoms in total. The van der Waals surface area contributed by atoms with E-state index in [1.165, 1.54) is 0 Å². The van der Waals surface area contributed by atoms with Crippen molar-refractivity contribution in [2.45, 2.75) is 32.9 Å². The van der Waals surface area contributed by atoms with Crippen LogP contribution in [0.15, 0.2) is 0 Å². The second-order valence-electron chi connectivity index (χ2n) is 6.03. The first kappa shape index (κ1) is 15.9. The van der Waals surface area contributed by atoms with E-state index < -0.39 is 0 Å². The summed E-state index contributed by atoms with van der Waals surface area (Å²) in [7, 11) is 3.87. The summed E-state index contributed by atoms with van der Waals surface area (Å²) in [5, 5.41) is 9.51. The van der Waals surface area contributed by atoms with Gasteiger partial charge in [0.25, 0.3) is 0 Å². The smallest absolute Gasteiger partial charge is 0.230 e. The lowest BCUT2D eigenvalue weighted by molar-refractivity contribution is 0.114. The Morgan fingerprint density at radius 1 is 1.29 bits per heavy atom. The number of piperazine rings is 1. The van der Waals surface area contributed by atoms with Crippen LogP contribution in [0.3, 0.4) is 0 Å². The quantitative estimate of drug-likeness (QED) is 0.847. The molecule has 0 bridgehead atoms. The molecule has 2 heterocycles. The summed E-state index contributed by atoms with van der Waals surface area (Å²) in [6.45, 7) is 9.30. The lowest BCUT2D eigenvalue weighted by atomic mass is 10.2. The Bertz CT molecular complexity index is 479. The summed E-state index contributed by atoms with van der Waals surface area (Å²) in [5.41, 5.74) is 0. The van der Waals surface area contributed by atoms with Gasteiger partial charge in [-0.1, -0.05) is 0 Å². The van der Waals surface area contributed by atoms with Crippen molar-refractivity contribution in [2.75, 3.05) is 50.1 Å². The van der Waals surface area contributed by atoms with Crippen molar-refractivity contribution in [1.29, 1.82) is 0 Å². The van der Waals surface area contributed by atoms with Gasteiger partial charge in [-0.15, -0.1) is 0 Å². The molecular formula is C14H26N6O. The van der Waals surface area contributed by atoms with E-state index in [1.54, 1.807) is 0 Å². The van der Waals surface area contributed by atoms with Gasteiger partial charge < -0.3 is 14.9 Å². The second kappa shape index (κ2) is 6.53. The minimum absolute atomic E-state index is 0.288. The summed E-state index contributed by atoms with van der Waals surface area (Å²) in [6, 6.07) is 0.314. The Kier molecular flexibility index (Phi) is 4.95. The number of aryl methyl sites for hydroxylation is 1. The average molecular weight is 294 g/mol. The van der Waals surface area contributed by atoms with Crippen LogP contribution in [0.1, 0.15) is 19.7 Å². The maximum Gasteiger partial charge on any atom is 0.230 e. The predicted molar refractivity (Wildman–Crippen MR) is 83.8 cm³/mol. The van der Waals surface area contributed by atoms with Crippen LogP contribution in [0.5, 0.6) is 0 Å². The number of aliphatic hydroxyl groups is 1. The van der Waals surface area contributed by atoms with Crippen LogP contribution in [0, 0.1) is 6.92 Å². The first-order valence-electron chi connectivity index (χ1n) is 7.44. The van der Waals surface area contributed by atoms with Gasteiger partial charge in [0.05, 0.1) is 6.10 Å². The number of rotatable bonds is 4. The zero-order valence-electron chi connectivity index (χ0n) is 13.6. The molecule has 118 valence electrons. The number of aromatic nitrogens is 3. The van der Waals surface area contributed by atoms with Crippen LogP contribution in [-0.2, 0) is 0 Å². The third-order valence-corrected chi connectivity index (χ3v) is 3.61. The SMILES string of the molecule is Cc1nc(N(C)C)nc(N2CCN(C[C@H](C)O)C[C@H]2C)n1. The van der Waals surface area contributed by atoms with E-state index >= 15 is 0 Å². The Morgan fingerprint density at radius 3 is 2.57 bits per heavy atom. The van der Waals surface area contributed by atoms with Crippen molar-refractivity contribution < 1.29 is 5.11 Å². The van der Waals surface area contributed by atoms with Crippen molar-refractivity contribution in [2.24, 2.45) is 0 Å². The highest BCUT2D eigenvalue weighted by Crippen LogP contribution is 2.18. The highest BCUT2D eigenvalue weighted by molar-refractivity contribution is 5.39. The van der Waals surface area contributed by atoms with Crippen molar-refractivity contribution in [1.82, 2.24) is 19.9 Å². The topological polar surface area (TPSA) is 68.6 Å². The molecular weight excluding hydrogens is 268 g/mol. The molecule has 1 aromatic heterocycles. The van der Waals surface area contributed by atoms with E-state index in [9.17, 15) is 5.11 Å². The van der Waals surface area contributed by atoms with Crippen molar-refractivity contribution in [3.63, 3.8) is 0 Å². The van der Waals surface area contributed by atoms with Crippen LogP contribution < -0.4 is 9.80 Å². The highest BCUT2D eigenvalue weighted by atomic mass is 16.3. The van der Waals surface area contributed by atoms with E-state index in [2.05, 4.69) is 31.7 Å². The normalized spacial score (nSPS) is 21.4. The molecule has 1 aliphatic heterocycles. The number of anilines is 2. The van der Waals surface area contributed by atoms with Crippen LogP contribution in [0.25, 0.3) is 0 Å². The van der Waals surface area contributed by atoms with E-state index in [1.807, 2.05) is 32.8 Å². The van der Waals surface area contributed by atoms with Gasteiger partial charge in [-0.25, -0.2) is 0 Å². The largest absolute Gasteiger partial charge is 0.392 e. The molecule has 1 aromatic rings. The number of aliphatic hydroxyl groups excluding tert-OH is 1. The molecule has 1 aliphatic rings. The standard InChI is InChI=1S/C14H26N6O/c1-10-8-19(9-11(2)21)6-7-20(10)14-16-12(3)15-13(17-14)18(4)5/h10-11,21H,6-9H2,1-5H3/t10-,11+/m1/s1. The molecule has 0 spiro atoms. The summed E-state index contributed by atoms with van der Waals surface area (Å²) < 4.78 is 0. The van der Waals surface area contributed by atoms with E-state index in [0.29, 0.717) is 12.0 Å². The molecule has 1 fully saturated rings. The Labute approximate surface area is 126 Å². The van der Waals surface area contributed by atoms with Gasteiger partial charge >= 0.3 is 0 Å². The maximum absolute atomic E-state index is 9.51. The molecule has 0 radical (unpaired) electrons. The van der Waals surface area contributed by atoms with Crippen LogP contribution in [0.2, 0.25) is 0 Å². The zero-order valence-corrected chi connectivity index (χ0v) is 13.6. The Hall–Kier alpha value is -1.47. The van der Waals surface area contributed by atoms with Gasteiger partial charge in [-0.3, -0.25) is 4.90 Å². The summed E-state index contributed by atoms with van der Waals surface area (Å²) >= 11 is 0. The maximum atomic E-state index is 9.51. The van der Waals surface area contributed by atoms with Crippen molar-refractivity contribution in [3.8, 4) is 0 Å². The fraction of sp³-hybridized carbons (Fsp3) is 0.786. The van der Waals surface area contributed by atoms with Crippen LogP contribution >= 0.6 is 0 Å². The molecule has 0 aromatic carbocycles. The molecule has 1 saturated heterocycles. The zero-order chi connectivity index (χ0) is 15.6. The fourth-order valence-corrected chi connectivity index (χ4v) is 2.65. The molecule has 7 heteroatoms. The summed E-state index contributed by atoms with van der Waals surface area (Å²) in [4.78, 5) is 19.8. The van der Waals surface area contributed by atoms with Gasteiger partial charge in [-0.05, 0) is 20.8 Å². The molecule has 0 unspecified atom stereocenters. The van der Waals surface area contributed by atoms with Gasteiger partial charge in [0, 0.05) is 46.3 Å². The van der Waals surface area contributed by atoms with Gasteiger partial charge in [0.15, 0.2) is 0 Å². The Morgan fingerprint density at radius 2 is 2.00 bits per heavy atom. The summed E-state index contributed by atoms with van der Waals surface area (Å²) in [6.07, 6.45) is -0.288. The molecule has 2 rings (SSSR count). The van der Waals surface area contributed by atoms with Crippen molar-refractivity contribution >= 4 is 11.9 Å². The van der Waals surface area contributed by atoms with Gasteiger partial charge in [-0.2, -0.15) is 15.0 Å². The fourth-order valence-electron chi connectivity index (χ4n) is 2.65. The lowest BCUT2D eigenvalue weighted by Crippen LogP contribution is -2.53. The molecule has 0 amide bonds. The Balaban J connectivity index is 2.12. The predicted octanol–water partition coefficient (Wildman–Crippen LogP) is 0.137. The van der Waals surface area contributed by atoms with E-state index in [4.69, 9.17) is 0 Å². The first-order valence-corrected chi connectivity index (χ1v) is 7.44. The number of nitrogens with zero attached hydrogens (tertiary/aromatic N) is 6. The minimum Gasteiger partial charge on any atom is -0.392 e. The van der Waals surface area contributed by atoms with Gasteiger partial charge in [0.2, 0.25) is 11.9 Å². The van der Waals surface area contributed by atoms with Gasteiger partial charge in [0.1, 0.15) is 5.82 Å². The van der Waals surface area contributed by atoms with E-state index in [-0.39, 0.29) is 6.10 Å². The molecule has 21 heavy (non-hydrogen) atoms. The average Bonchev–Trinajstić information content (AvgIpc) is 2.37. The third kappa shape index (κ3) is 4.01. The molecule has 1 N–H and O–H groups in total. The second-order valence-corrected chi connectivity index (χ2v) is 6.03. The monoisotopic (exact) mass is 294 g/mol. The molecule has 2 atom stereocenters. The molecule has 0 aliphatic carbocycles. The number of hydrogen-bond donors (Lipinski definition) is 1. The van der Waals surface area contributed by atoms with Crippen LogP contribution in [0.4, 0.5) is 11.9 Å². The highest BCUT2D eigenvalue weighted by Gasteiger charge is 2.26. The van der Waals surface area contributed by atoms with Crippen molar-refractivity contribution in [3.05, 3.63) is 5.82 Å². The van der Waals surface area contributed by atoms with E-state index in [0.717, 1.165) is 38.0 Å². The molecule has 0 saturated carbocycles.